The first-order valence-corrected chi connectivity index (χ1v) is 20.2. The highest BCUT2D eigenvalue weighted by atomic mass is 32.1. The van der Waals surface area contributed by atoms with E-state index in [2.05, 4.69) is 199 Å². The standard InChI is InChI=1S/C51H32N2S2/c1-2-13-36(14-3-1)51-52-46-31-45-44-21-10-22-47(50(44)54-48(45)32-49(46)55-51)53(40-27-25-35(26-28-40)43-20-9-16-34-12-6-7-19-42(34)43)41-18-8-17-38(30-41)39-24-23-33-11-4-5-15-37(33)29-39/h1-32H. The summed E-state index contributed by atoms with van der Waals surface area (Å²) in [6, 6.07) is 70.5. The molecule has 11 aromatic rings. The molecular weight excluding hydrogens is 705 g/mol. The summed E-state index contributed by atoms with van der Waals surface area (Å²) in [5, 5.41) is 8.55. The Kier molecular flexibility index (Phi) is 7.58. The molecule has 0 spiro atoms. The third-order valence-corrected chi connectivity index (χ3v) is 12.9. The lowest BCUT2D eigenvalue weighted by molar-refractivity contribution is 1.30. The van der Waals surface area contributed by atoms with E-state index in [0.29, 0.717) is 0 Å². The molecule has 0 fully saturated rings. The summed E-state index contributed by atoms with van der Waals surface area (Å²) in [6.07, 6.45) is 0. The van der Waals surface area contributed by atoms with Crippen LogP contribution < -0.4 is 4.90 Å². The summed E-state index contributed by atoms with van der Waals surface area (Å²) in [4.78, 5) is 7.53. The van der Waals surface area contributed by atoms with E-state index >= 15 is 0 Å². The molecule has 2 aromatic heterocycles. The molecule has 0 aliphatic rings. The summed E-state index contributed by atoms with van der Waals surface area (Å²) in [5.41, 5.74) is 10.4. The van der Waals surface area contributed by atoms with Gasteiger partial charge in [-0.05, 0) is 92.3 Å². The first-order valence-electron chi connectivity index (χ1n) is 18.5. The Morgan fingerprint density at radius 2 is 1.07 bits per heavy atom. The number of benzene rings is 9. The molecule has 0 N–H and O–H groups in total. The van der Waals surface area contributed by atoms with Gasteiger partial charge in [-0.1, -0.05) is 146 Å². The van der Waals surface area contributed by atoms with Gasteiger partial charge in [0, 0.05) is 32.4 Å². The molecule has 55 heavy (non-hydrogen) atoms. The van der Waals surface area contributed by atoms with Gasteiger partial charge in [0.05, 0.1) is 20.6 Å². The van der Waals surface area contributed by atoms with Crippen LogP contribution in [0.2, 0.25) is 0 Å². The van der Waals surface area contributed by atoms with Gasteiger partial charge in [0.25, 0.3) is 0 Å². The molecule has 2 heterocycles. The van der Waals surface area contributed by atoms with Crippen LogP contribution in [0.15, 0.2) is 194 Å². The zero-order chi connectivity index (χ0) is 36.3. The summed E-state index contributed by atoms with van der Waals surface area (Å²) >= 11 is 3.63. The van der Waals surface area contributed by atoms with E-state index in [1.54, 1.807) is 11.3 Å². The zero-order valence-electron chi connectivity index (χ0n) is 29.7. The third kappa shape index (κ3) is 5.58. The molecule has 0 aliphatic carbocycles. The van der Waals surface area contributed by atoms with Crippen molar-refractivity contribution in [1.29, 1.82) is 0 Å². The van der Waals surface area contributed by atoms with Gasteiger partial charge >= 0.3 is 0 Å². The number of rotatable bonds is 6. The molecule has 0 radical (unpaired) electrons. The number of anilines is 3. The normalized spacial score (nSPS) is 11.6. The zero-order valence-corrected chi connectivity index (χ0v) is 31.3. The van der Waals surface area contributed by atoms with Crippen molar-refractivity contribution in [2.24, 2.45) is 0 Å². The number of thiazole rings is 1. The van der Waals surface area contributed by atoms with E-state index in [-0.39, 0.29) is 0 Å². The van der Waals surface area contributed by atoms with Crippen LogP contribution in [0.1, 0.15) is 0 Å². The maximum Gasteiger partial charge on any atom is 0.124 e. The van der Waals surface area contributed by atoms with E-state index in [1.807, 2.05) is 11.3 Å². The van der Waals surface area contributed by atoms with Gasteiger partial charge in [0.15, 0.2) is 0 Å². The molecule has 0 atom stereocenters. The number of hydrogen-bond donors (Lipinski definition) is 0. The fourth-order valence-corrected chi connectivity index (χ4v) is 10.3. The molecule has 0 amide bonds. The maximum absolute atomic E-state index is 5.09. The van der Waals surface area contributed by atoms with Crippen molar-refractivity contribution >= 4 is 91.7 Å². The Labute approximate surface area is 326 Å². The second kappa shape index (κ2) is 13.1. The van der Waals surface area contributed by atoms with Crippen LogP contribution in [-0.2, 0) is 0 Å². The number of aromatic nitrogens is 1. The smallest absolute Gasteiger partial charge is 0.124 e. The second-order valence-corrected chi connectivity index (χ2v) is 16.1. The van der Waals surface area contributed by atoms with Gasteiger partial charge in [0.1, 0.15) is 5.01 Å². The minimum atomic E-state index is 1.05. The average molecular weight is 737 g/mol. The Hall–Kier alpha value is -6.59. The van der Waals surface area contributed by atoms with E-state index in [4.69, 9.17) is 4.98 Å². The van der Waals surface area contributed by atoms with E-state index in [0.717, 1.165) is 33.1 Å². The quantitative estimate of drug-likeness (QED) is 0.169. The predicted molar refractivity (Wildman–Crippen MR) is 239 cm³/mol. The van der Waals surface area contributed by atoms with Crippen molar-refractivity contribution in [2.45, 2.75) is 0 Å². The van der Waals surface area contributed by atoms with Gasteiger partial charge in [-0.3, -0.25) is 0 Å². The summed E-state index contributed by atoms with van der Waals surface area (Å²) in [5.74, 6) is 0. The first kappa shape index (κ1) is 31.9. The SMILES string of the molecule is c1ccc(-c2nc3cc4c(cc3s2)sc2c(N(c3ccc(-c5cccc6ccccc56)cc3)c3cccc(-c5ccc6ccccc6c5)c3)cccc24)cc1. The van der Waals surface area contributed by atoms with Crippen LogP contribution in [0.4, 0.5) is 17.1 Å². The highest BCUT2D eigenvalue weighted by Crippen LogP contribution is 2.47. The van der Waals surface area contributed by atoms with E-state index in [9.17, 15) is 0 Å². The highest BCUT2D eigenvalue weighted by molar-refractivity contribution is 7.27. The molecule has 0 saturated heterocycles. The average Bonchev–Trinajstić information content (AvgIpc) is 3.84. The van der Waals surface area contributed by atoms with Crippen LogP contribution >= 0.6 is 22.7 Å². The molecule has 9 aromatic carbocycles. The number of nitrogens with zero attached hydrogens (tertiary/aromatic N) is 2. The van der Waals surface area contributed by atoms with Crippen molar-refractivity contribution in [1.82, 2.24) is 4.98 Å². The second-order valence-electron chi connectivity index (χ2n) is 14.0. The maximum atomic E-state index is 5.09. The Morgan fingerprint density at radius 3 is 1.96 bits per heavy atom. The van der Waals surface area contributed by atoms with Gasteiger partial charge < -0.3 is 4.90 Å². The lowest BCUT2D eigenvalue weighted by Gasteiger charge is -2.27. The van der Waals surface area contributed by atoms with E-state index < -0.39 is 0 Å². The van der Waals surface area contributed by atoms with Crippen molar-refractivity contribution in [3.05, 3.63) is 194 Å². The van der Waals surface area contributed by atoms with Crippen molar-refractivity contribution in [2.75, 3.05) is 4.90 Å². The van der Waals surface area contributed by atoms with Crippen LogP contribution in [0.3, 0.4) is 0 Å². The molecule has 0 saturated carbocycles. The fraction of sp³-hybridized carbons (Fsp3) is 0. The van der Waals surface area contributed by atoms with Crippen molar-refractivity contribution in [3.63, 3.8) is 0 Å². The van der Waals surface area contributed by atoms with Gasteiger partial charge in [-0.25, -0.2) is 4.98 Å². The summed E-state index contributed by atoms with van der Waals surface area (Å²) in [7, 11) is 0. The lowest BCUT2D eigenvalue weighted by atomic mass is 9.98. The molecule has 11 rings (SSSR count). The fourth-order valence-electron chi connectivity index (χ4n) is 7.97. The topological polar surface area (TPSA) is 16.1 Å². The van der Waals surface area contributed by atoms with Gasteiger partial charge in [-0.2, -0.15) is 0 Å². The van der Waals surface area contributed by atoms with Gasteiger partial charge in [-0.15, -0.1) is 22.7 Å². The lowest BCUT2D eigenvalue weighted by Crippen LogP contribution is -2.10. The number of hydrogen-bond acceptors (Lipinski definition) is 4. The highest BCUT2D eigenvalue weighted by Gasteiger charge is 2.20. The molecular formula is C51H32N2S2. The monoisotopic (exact) mass is 736 g/mol. The Bertz CT molecular complexity index is 3210. The molecule has 0 unspecified atom stereocenters. The Balaban J connectivity index is 1.08. The minimum Gasteiger partial charge on any atom is -0.309 e. The minimum absolute atomic E-state index is 1.05. The van der Waals surface area contributed by atoms with Crippen molar-refractivity contribution in [3.8, 4) is 32.8 Å². The third-order valence-electron chi connectivity index (χ3n) is 10.7. The first-order chi connectivity index (χ1) is 27.2. The molecule has 0 aliphatic heterocycles. The summed E-state index contributed by atoms with van der Waals surface area (Å²) < 4.78 is 3.74. The number of fused-ring (bicyclic) bond motifs is 6. The molecule has 4 heteroatoms. The molecule has 2 nitrogen and oxygen atoms in total. The molecule has 0 bridgehead atoms. The predicted octanol–water partition coefficient (Wildman–Crippen LogP) is 15.4. The molecule has 258 valence electrons. The van der Waals surface area contributed by atoms with E-state index in [1.165, 1.54) is 68.7 Å². The van der Waals surface area contributed by atoms with Crippen LogP contribution in [-0.4, -0.2) is 4.98 Å². The van der Waals surface area contributed by atoms with Crippen LogP contribution in [0, 0.1) is 0 Å². The van der Waals surface area contributed by atoms with Crippen molar-refractivity contribution < 1.29 is 0 Å². The Morgan fingerprint density at radius 1 is 0.382 bits per heavy atom. The summed E-state index contributed by atoms with van der Waals surface area (Å²) in [6.45, 7) is 0. The van der Waals surface area contributed by atoms with Gasteiger partial charge in [0.2, 0.25) is 0 Å². The van der Waals surface area contributed by atoms with Crippen LogP contribution in [0.25, 0.3) is 84.8 Å². The number of thiophene rings is 1. The van der Waals surface area contributed by atoms with Crippen LogP contribution in [0.5, 0.6) is 0 Å². The largest absolute Gasteiger partial charge is 0.309 e.